The molecule has 2 heterocycles. The molecule has 0 saturated carbocycles. The predicted molar refractivity (Wildman–Crippen MR) is 78.2 cm³/mol. The molecule has 1 N–H and O–H groups in total. The van der Waals surface area contributed by atoms with Crippen LogP contribution in [0.3, 0.4) is 0 Å². The summed E-state index contributed by atoms with van der Waals surface area (Å²) in [5.41, 5.74) is 3.73. The van der Waals surface area contributed by atoms with Gasteiger partial charge in [0.1, 0.15) is 5.82 Å². The first-order valence-corrected chi connectivity index (χ1v) is 6.97. The highest BCUT2D eigenvalue weighted by atomic mass is 127. The largest absolute Gasteiger partial charge is 0.370 e. The Labute approximate surface area is 114 Å². The molecule has 88 valence electrons. The van der Waals surface area contributed by atoms with E-state index in [4.69, 9.17) is 5.10 Å². The summed E-state index contributed by atoms with van der Waals surface area (Å²) in [4.78, 5) is 0. The zero-order chi connectivity index (χ0) is 11.8. The van der Waals surface area contributed by atoms with Crippen LogP contribution >= 0.6 is 22.6 Å². The van der Waals surface area contributed by atoms with Crippen molar-refractivity contribution in [3.05, 3.63) is 33.4 Å². The third-order valence-electron chi connectivity index (χ3n) is 3.14. The maximum absolute atomic E-state index is 4.70. The molecule has 0 fully saturated rings. The molecule has 3 rings (SSSR count). The third-order valence-corrected chi connectivity index (χ3v) is 3.85. The van der Waals surface area contributed by atoms with Crippen LogP contribution in [0.5, 0.6) is 0 Å². The standard InChI is InChI=1S/C13H14IN3/c1-2-17-13-11(7-8-15-13)12(16-17)9-3-5-10(14)6-4-9/h3-6,15H,2,7-8H2,1H3. The molecular formula is C13H14IN3. The van der Waals surface area contributed by atoms with Crippen molar-refractivity contribution in [2.24, 2.45) is 0 Å². The van der Waals surface area contributed by atoms with Crippen LogP contribution in [0.4, 0.5) is 5.82 Å². The first-order valence-electron chi connectivity index (χ1n) is 5.89. The number of rotatable bonds is 2. The van der Waals surface area contributed by atoms with Crippen LogP contribution in [0.15, 0.2) is 24.3 Å². The van der Waals surface area contributed by atoms with Crippen LogP contribution in [0.2, 0.25) is 0 Å². The lowest BCUT2D eigenvalue weighted by Crippen LogP contribution is -2.04. The van der Waals surface area contributed by atoms with E-state index in [0.29, 0.717) is 0 Å². The minimum atomic E-state index is 0.916. The van der Waals surface area contributed by atoms with E-state index in [1.54, 1.807) is 0 Å². The molecule has 0 bridgehead atoms. The van der Waals surface area contributed by atoms with E-state index in [2.05, 4.69) is 63.8 Å². The summed E-state index contributed by atoms with van der Waals surface area (Å²) < 4.78 is 3.33. The Hall–Kier alpha value is -1.04. The third kappa shape index (κ3) is 1.84. The molecule has 17 heavy (non-hydrogen) atoms. The topological polar surface area (TPSA) is 29.9 Å². The van der Waals surface area contributed by atoms with Gasteiger partial charge in [-0.05, 0) is 48.1 Å². The van der Waals surface area contributed by atoms with Gasteiger partial charge in [-0.3, -0.25) is 0 Å². The Bertz CT molecular complexity index is 543. The van der Waals surface area contributed by atoms with E-state index in [1.165, 1.54) is 20.5 Å². The SMILES string of the molecule is CCn1nc(-c2ccc(I)cc2)c2c1NCC2. The number of halogens is 1. The fourth-order valence-electron chi connectivity index (χ4n) is 2.31. The zero-order valence-electron chi connectivity index (χ0n) is 9.70. The van der Waals surface area contributed by atoms with Gasteiger partial charge in [0.05, 0.1) is 5.69 Å². The highest BCUT2D eigenvalue weighted by molar-refractivity contribution is 14.1. The first-order chi connectivity index (χ1) is 8.29. The van der Waals surface area contributed by atoms with Crippen LogP contribution < -0.4 is 5.32 Å². The van der Waals surface area contributed by atoms with E-state index in [9.17, 15) is 0 Å². The minimum absolute atomic E-state index is 0.916. The summed E-state index contributed by atoms with van der Waals surface area (Å²) in [5.74, 6) is 1.21. The average Bonchev–Trinajstić information content (AvgIpc) is 2.91. The van der Waals surface area contributed by atoms with Gasteiger partial charge in [0.25, 0.3) is 0 Å². The quantitative estimate of drug-likeness (QED) is 0.852. The highest BCUT2D eigenvalue weighted by Crippen LogP contribution is 2.32. The van der Waals surface area contributed by atoms with E-state index < -0.39 is 0 Å². The molecule has 1 aromatic heterocycles. The number of hydrogen-bond donors (Lipinski definition) is 1. The summed E-state index contributed by atoms with van der Waals surface area (Å²) >= 11 is 2.33. The molecular weight excluding hydrogens is 325 g/mol. The van der Waals surface area contributed by atoms with Crippen molar-refractivity contribution in [3.8, 4) is 11.3 Å². The van der Waals surface area contributed by atoms with Crippen molar-refractivity contribution in [3.63, 3.8) is 0 Å². The van der Waals surface area contributed by atoms with Gasteiger partial charge < -0.3 is 5.32 Å². The molecule has 4 heteroatoms. The number of aromatic nitrogens is 2. The molecule has 0 unspecified atom stereocenters. The number of anilines is 1. The normalized spacial score (nSPS) is 13.5. The van der Waals surface area contributed by atoms with E-state index in [-0.39, 0.29) is 0 Å². The molecule has 0 amide bonds. The molecule has 1 aromatic carbocycles. The summed E-state index contributed by atoms with van der Waals surface area (Å²) in [7, 11) is 0. The van der Waals surface area contributed by atoms with Crippen LogP contribution in [-0.2, 0) is 13.0 Å². The Morgan fingerprint density at radius 3 is 2.82 bits per heavy atom. The lowest BCUT2D eigenvalue weighted by molar-refractivity contribution is 0.668. The van der Waals surface area contributed by atoms with Gasteiger partial charge in [0.2, 0.25) is 0 Å². The summed E-state index contributed by atoms with van der Waals surface area (Å²) in [6.07, 6.45) is 1.08. The van der Waals surface area contributed by atoms with E-state index in [1.807, 2.05) is 0 Å². The smallest absolute Gasteiger partial charge is 0.128 e. The second-order valence-corrected chi connectivity index (χ2v) is 5.42. The number of aryl methyl sites for hydroxylation is 1. The average molecular weight is 339 g/mol. The maximum Gasteiger partial charge on any atom is 0.128 e. The first kappa shape index (κ1) is 11.1. The van der Waals surface area contributed by atoms with Crippen LogP contribution in [-0.4, -0.2) is 16.3 Å². The second-order valence-electron chi connectivity index (χ2n) is 4.18. The van der Waals surface area contributed by atoms with Gasteiger partial charge in [-0.2, -0.15) is 5.10 Å². The van der Waals surface area contributed by atoms with Crippen LogP contribution in [0.25, 0.3) is 11.3 Å². The zero-order valence-corrected chi connectivity index (χ0v) is 11.9. The maximum atomic E-state index is 4.70. The summed E-state index contributed by atoms with van der Waals surface area (Å²) in [6.45, 7) is 4.08. The Balaban J connectivity index is 2.12. The molecule has 1 aliphatic rings. The van der Waals surface area contributed by atoms with Crippen LogP contribution in [0.1, 0.15) is 12.5 Å². The Morgan fingerprint density at radius 1 is 1.35 bits per heavy atom. The molecule has 0 saturated heterocycles. The lowest BCUT2D eigenvalue weighted by atomic mass is 10.1. The lowest BCUT2D eigenvalue weighted by Gasteiger charge is -2.01. The van der Waals surface area contributed by atoms with Gasteiger partial charge in [-0.15, -0.1) is 0 Å². The number of hydrogen-bond acceptors (Lipinski definition) is 2. The molecule has 0 radical (unpaired) electrons. The highest BCUT2D eigenvalue weighted by Gasteiger charge is 2.22. The number of nitrogens with zero attached hydrogens (tertiary/aromatic N) is 2. The van der Waals surface area contributed by atoms with Crippen molar-refractivity contribution in [2.45, 2.75) is 19.9 Å². The number of benzene rings is 1. The van der Waals surface area contributed by atoms with E-state index in [0.717, 1.165) is 25.2 Å². The van der Waals surface area contributed by atoms with Gasteiger partial charge >= 0.3 is 0 Å². The van der Waals surface area contributed by atoms with Gasteiger partial charge in [0, 0.05) is 27.8 Å². The number of fused-ring (bicyclic) bond motifs is 1. The molecule has 3 nitrogen and oxygen atoms in total. The predicted octanol–water partition coefficient (Wildman–Crippen LogP) is 3.14. The Kier molecular flexibility index (Phi) is 2.82. The van der Waals surface area contributed by atoms with Crippen molar-refractivity contribution >= 4 is 28.4 Å². The fraction of sp³-hybridized carbons (Fsp3) is 0.308. The van der Waals surface area contributed by atoms with Crippen LogP contribution in [0, 0.1) is 3.57 Å². The van der Waals surface area contributed by atoms with Gasteiger partial charge in [-0.1, -0.05) is 12.1 Å². The molecule has 1 aliphatic heterocycles. The molecule has 0 spiro atoms. The van der Waals surface area contributed by atoms with Crippen molar-refractivity contribution in [1.82, 2.24) is 9.78 Å². The summed E-state index contributed by atoms with van der Waals surface area (Å²) in [5, 5.41) is 8.12. The molecule has 0 aliphatic carbocycles. The van der Waals surface area contributed by atoms with Crippen molar-refractivity contribution in [2.75, 3.05) is 11.9 Å². The fourth-order valence-corrected chi connectivity index (χ4v) is 2.67. The molecule has 2 aromatic rings. The van der Waals surface area contributed by atoms with E-state index >= 15 is 0 Å². The van der Waals surface area contributed by atoms with Gasteiger partial charge in [-0.25, -0.2) is 4.68 Å². The number of nitrogens with one attached hydrogen (secondary N) is 1. The molecule has 0 atom stereocenters. The Morgan fingerprint density at radius 2 is 2.12 bits per heavy atom. The monoisotopic (exact) mass is 339 g/mol. The van der Waals surface area contributed by atoms with Gasteiger partial charge in [0.15, 0.2) is 0 Å². The van der Waals surface area contributed by atoms with Crippen molar-refractivity contribution < 1.29 is 0 Å². The van der Waals surface area contributed by atoms with Crippen molar-refractivity contribution in [1.29, 1.82) is 0 Å². The second kappa shape index (κ2) is 4.33. The minimum Gasteiger partial charge on any atom is -0.370 e. The summed E-state index contributed by atoms with van der Waals surface area (Å²) in [6, 6.07) is 8.58.